The SMILES string of the molecule is CCOC(=O)C1=CN(c2ccc(OC)cc2)C=C(C(=O)OCC)C1c1ccc(C(F)(F)F)cc1. The Hall–Kier alpha value is -3.75. The van der Waals surface area contributed by atoms with Gasteiger partial charge in [-0.2, -0.15) is 13.2 Å². The van der Waals surface area contributed by atoms with E-state index in [2.05, 4.69) is 0 Å². The third kappa shape index (κ3) is 5.41. The van der Waals surface area contributed by atoms with Gasteiger partial charge < -0.3 is 19.1 Å². The van der Waals surface area contributed by atoms with Crippen LogP contribution >= 0.6 is 0 Å². The first kappa shape index (κ1) is 24.9. The molecule has 0 aliphatic carbocycles. The highest BCUT2D eigenvalue weighted by molar-refractivity contribution is 6.00. The number of hydrogen-bond acceptors (Lipinski definition) is 6. The molecule has 9 heteroatoms. The second kappa shape index (κ2) is 10.5. The molecular weight excluding hydrogens is 451 g/mol. The Morgan fingerprint density at radius 1 is 0.853 bits per heavy atom. The van der Waals surface area contributed by atoms with Gasteiger partial charge in [-0.05, 0) is 55.8 Å². The molecule has 0 fully saturated rings. The molecule has 1 heterocycles. The van der Waals surface area contributed by atoms with Crippen LogP contribution in [0.3, 0.4) is 0 Å². The molecule has 1 aliphatic heterocycles. The Balaban J connectivity index is 2.14. The maximum Gasteiger partial charge on any atom is 0.416 e. The molecule has 0 saturated heterocycles. The van der Waals surface area contributed by atoms with Crippen LogP contribution in [0.15, 0.2) is 72.1 Å². The minimum Gasteiger partial charge on any atom is -0.497 e. The minimum atomic E-state index is -4.52. The van der Waals surface area contributed by atoms with Crippen LogP contribution in [0.25, 0.3) is 0 Å². The van der Waals surface area contributed by atoms with Crippen molar-refractivity contribution in [2.45, 2.75) is 25.9 Å². The molecule has 0 bridgehead atoms. The van der Waals surface area contributed by atoms with Crippen molar-refractivity contribution in [1.29, 1.82) is 0 Å². The molecule has 2 aromatic rings. The predicted octanol–water partition coefficient (Wildman–Crippen LogP) is 5.21. The van der Waals surface area contributed by atoms with Crippen LogP contribution in [0.1, 0.15) is 30.9 Å². The number of esters is 2. The van der Waals surface area contributed by atoms with Gasteiger partial charge in [-0.3, -0.25) is 0 Å². The number of alkyl halides is 3. The third-order valence-electron chi connectivity index (χ3n) is 5.14. The smallest absolute Gasteiger partial charge is 0.416 e. The summed E-state index contributed by atoms with van der Waals surface area (Å²) in [5.41, 5.74) is 0.275. The summed E-state index contributed by atoms with van der Waals surface area (Å²) in [6.07, 6.45) is -1.51. The summed E-state index contributed by atoms with van der Waals surface area (Å²) in [5.74, 6) is -1.75. The molecular formula is C25H24F3NO5. The molecule has 34 heavy (non-hydrogen) atoms. The van der Waals surface area contributed by atoms with Crippen LogP contribution < -0.4 is 9.64 Å². The van der Waals surface area contributed by atoms with Gasteiger partial charge in [0.25, 0.3) is 0 Å². The number of halogens is 3. The standard InChI is InChI=1S/C25H24F3NO5/c1-4-33-23(30)20-14-29(18-10-12-19(32-3)13-11-18)15-21(24(31)34-5-2)22(20)16-6-8-17(9-7-16)25(26,27)28/h6-15,22H,4-5H2,1-3H3. The van der Waals surface area contributed by atoms with Gasteiger partial charge in [0.1, 0.15) is 5.75 Å². The lowest BCUT2D eigenvalue weighted by molar-refractivity contribution is -0.140. The number of hydrogen-bond donors (Lipinski definition) is 0. The Bertz CT molecular complexity index is 1050. The zero-order chi connectivity index (χ0) is 24.9. The number of ether oxygens (including phenoxy) is 3. The average Bonchev–Trinajstić information content (AvgIpc) is 2.83. The number of carbonyl (C=O) groups excluding carboxylic acids is 2. The van der Waals surface area contributed by atoms with Crippen LogP contribution in [0, 0.1) is 0 Å². The third-order valence-corrected chi connectivity index (χ3v) is 5.14. The molecule has 3 rings (SSSR count). The van der Waals surface area contributed by atoms with Crippen LogP contribution in [0.5, 0.6) is 5.75 Å². The van der Waals surface area contributed by atoms with Crippen molar-refractivity contribution >= 4 is 17.6 Å². The lowest BCUT2D eigenvalue weighted by atomic mass is 9.83. The monoisotopic (exact) mass is 475 g/mol. The van der Waals surface area contributed by atoms with Crippen molar-refractivity contribution in [3.63, 3.8) is 0 Å². The van der Waals surface area contributed by atoms with Crippen molar-refractivity contribution in [2.24, 2.45) is 0 Å². The van der Waals surface area contributed by atoms with E-state index in [1.165, 1.54) is 31.6 Å². The van der Waals surface area contributed by atoms with Crippen molar-refractivity contribution in [1.82, 2.24) is 0 Å². The maximum absolute atomic E-state index is 13.1. The van der Waals surface area contributed by atoms with Crippen LogP contribution in [0.2, 0.25) is 0 Å². The highest BCUT2D eigenvalue weighted by Crippen LogP contribution is 2.40. The molecule has 0 N–H and O–H groups in total. The highest BCUT2D eigenvalue weighted by atomic mass is 19.4. The topological polar surface area (TPSA) is 65.1 Å². The number of nitrogens with zero attached hydrogens (tertiary/aromatic N) is 1. The zero-order valence-corrected chi connectivity index (χ0v) is 18.9. The fourth-order valence-corrected chi connectivity index (χ4v) is 3.55. The van der Waals surface area contributed by atoms with Crippen molar-refractivity contribution in [3.05, 3.63) is 83.2 Å². The molecule has 6 nitrogen and oxygen atoms in total. The van der Waals surface area contributed by atoms with E-state index in [1.54, 1.807) is 43.0 Å². The average molecular weight is 475 g/mol. The Labute approximate surface area is 195 Å². The maximum atomic E-state index is 13.1. The van der Waals surface area contributed by atoms with Gasteiger partial charge in [0.05, 0.1) is 43.0 Å². The van der Waals surface area contributed by atoms with Gasteiger partial charge in [-0.15, -0.1) is 0 Å². The Morgan fingerprint density at radius 2 is 1.35 bits per heavy atom. The minimum absolute atomic E-state index is 0.0803. The van der Waals surface area contributed by atoms with E-state index in [9.17, 15) is 22.8 Å². The van der Waals surface area contributed by atoms with Crippen LogP contribution in [0.4, 0.5) is 18.9 Å². The number of methoxy groups -OCH3 is 1. The first-order chi connectivity index (χ1) is 16.2. The van der Waals surface area contributed by atoms with Gasteiger partial charge in [0.15, 0.2) is 0 Å². The van der Waals surface area contributed by atoms with Gasteiger partial charge >= 0.3 is 18.1 Å². The Kier molecular flexibility index (Phi) is 7.65. The molecule has 0 atom stereocenters. The highest BCUT2D eigenvalue weighted by Gasteiger charge is 2.37. The van der Waals surface area contributed by atoms with E-state index < -0.39 is 29.6 Å². The summed E-state index contributed by atoms with van der Waals surface area (Å²) in [5, 5.41) is 0. The molecule has 0 amide bonds. The fourth-order valence-electron chi connectivity index (χ4n) is 3.55. The largest absolute Gasteiger partial charge is 0.497 e. The first-order valence-corrected chi connectivity index (χ1v) is 10.6. The zero-order valence-electron chi connectivity index (χ0n) is 18.9. The van der Waals surface area contributed by atoms with E-state index in [4.69, 9.17) is 14.2 Å². The normalized spacial score (nSPS) is 14.2. The summed E-state index contributed by atoms with van der Waals surface area (Å²) in [6.45, 7) is 3.43. The summed E-state index contributed by atoms with van der Waals surface area (Å²) in [4.78, 5) is 27.4. The van der Waals surface area contributed by atoms with Gasteiger partial charge in [-0.1, -0.05) is 12.1 Å². The van der Waals surface area contributed by atoms with Crippen LogP contribution in [-0.4, -0.2) is 32.3 Å². The number of anilines is 1. The lowest BCUT2D eigenvalue weighted by Gasteiger charge is -2.30. The van der Waals surface area contributed by atoms with Crippen molar-refractivity contribution in [3.8, 4) is 5.75 Å². The molecule has 1 aliphatic rings. The van der Waals surface area contributed by atoms with E-state index in [0.717, 1.165) is 12.1 Å². The van der Waals surface area contributed by atoms with E-state index in [-0.39, 0.29) is 24.4 Å². The second-order valence-corrected chi connectivity index (χ2v) is 7.27. The predicted molar refractivity (Wildman–Crippen MR) is 119 cm³/mol. The Morgan fingerprint density at radius 3 is 1.76 bits per heavy atom. The first-order valence-electron chi connectivity index (χ1n) is 10.6. The molecule has 0 radical (unpaired) electrons. The lowest BCUT2D eigenvalue weighted by Crippen LogP contribution is -2.29. The fraction of sp³-hybridized carbons (Fsp3) is 0.280. The molecule has 180 valence electrons. The summed E-state index contributed by atoms with van der Waals surface area (Å²) in [6, 6.07) is 11.2. The quantitative estimate of drug-likeness (QED) is 0.512. The van der Waals surface area contributed by atoms with E-state index >= 15 is 0 Å². The number of benzene rings is 2. The second-order valence-electron chi connectivity index (χ2n) is 7.27. The summed E-state index contributed by atoms with van der Waals surface area (Å²) >= 11 is 0. The summed E-state index contributed by atoms with van der Waals surface area (Å²) in [7, 11) is 1.53. The molecule has 0 aromatic heterocycles. The molecule has 0 saturated carbocycles. The van der Waals surface area contributed by atoms with E-state index in [0.29, 0.717) is 17.0 Å². The van der Waals surface area contributed by atoms with Gasteiger partial charge in [0, 0.05) is 18.1 Å². The molecule has 0 unspecified atom stereocenters. The number of rotatable bonds is 7. The summed E-state index contributed by atoms with van der Waals surface area (Å²) < 4.78 is 54.8. The van der Waals surface area contributed by atoms with Gasteiger partial charge in [-0.25, -0.2) is 9.59 Å². The molecule has 2 aromatic carbocycles. The van der Waals surface area contributed by atoms with Crippen molar-refractivity contribution in [2.75, 3.05) is 25.2 Å². The van der Waals surface area contributed by atoms with E-state index in [1.807, 2.05) is 0 Å². The van der Waals surface area contributed by atoms with Crippen molar-refractivity contribution < 1.29 is 37.0 Å². The molecule has 0 spiro atoms. The van der Waals surface area contributed by atoms with Crippen LogP contribution in [-0.2, 0) is 25.2 Å². The number of carbonyl (C=O) groups is 2. The van der Waals surface area contributed by atoms with Gasteiger partial charge in [0.2, 0.25) is 0 Å².